The predicted octanol–water partition coefficient (Wildman–Crippen LogP) is 2.46. The minimum absolute atomic E-state index is 0.741. The summed E-state index contributed by atoms with van der Waals surface area (Å²) < 4.78 is 0. The summed E-state index contributed by atoms with van der Waals surface area (Å²) >= 11 is 0. The Morgan fingerprint density at radius 2 is 1.84 bits per heavy atom. The maximum atomic E-state index is 4.47. The zero-order valence-corrected chi connectivity index (χ0v) is 11.7. The second-order valence-corrected chi connectivity index (χ2v) is 4.72. The minimum atomic E-state index is 0.741. The summed E-state index contributed by atoms with van der Waals surface area (Å²) in [7, 11) is 3.96. The molecule has 0 spiro atoms. The van der Waals surface area contributed by atoms with Crippen molar-refractivity contribution in [1.29, 1.82) is 0 Å². The summed E-state index contributed by atoms with van der Waals surface area (Å²) in [4.78, 5) is 11.2. The lowest BCUT2D eigenvalue weighted by molar-refractivity contribution is 0.310. The van der Waals surface area contributed by atoms with Gasteiger partial charge in [-0.05, 0) is 19.5 Å². The topological polar surface area (TPSA) is 41.1 Å². The number of anilines is 1. The Labute approximate surface area is 114 Å². The molecule has 4 nitrogen and oxygen atoms in total. The van der Waals surface area contributed by atoms with Crippen LogP contribution >= 0.6 is 0 Å². The Hall–Kier alpha value is -1.94. The molecule has 0 aliphatic carbocycles. The van der Waals surface area contributed by atoms with Gasteiger partial charge in [0.1, 0.15) is 11.6 Å². The standard InChI is InChI=1S/C15H20N4/c1-12-9-14(16-2)18-15(17-12)11-19(3)10-13-7-5-4-6-8-13/h4-9H,10-11H2,1-3H3,(H,16,17,18). The van der Waals surface area contributed by atoms with E-state index in [4.69, 9.17) is 0 Å². The molecule has 0 saturated carbocycles. The Kier molecular flexibility index (Phi) is 4.47. The molecule has 1 heterocycles. The van der Waals surface area contributed by atoms with Gasteiger partial charge < -0.3 is 5.32 Å². The summed E-state index contributed by atoms with van der Waals surface area (Å²) in [5.41, 5.74) is 2.29. The largest absolute Gasteiger partial charge is 0.373 e. The summed E-state index contributed by atoms with van der Waals surface area (Å²) in [5.74, 6) is 1.72. The molecule has 2 rings (SSSR count). The van der Waals surface area contributed by atoms with Crippen LogP contribution in [0, 0.1) is 6.92 Å². The molecule has 2 aromatic rings. The average Bonchev–Trinajstić information content (AvgIpc) is 2.38. The molecule has 100 valence electrons. The number of aryl methyl sites for hydroxylation is 1. The van der Waals surface area contributed by atoms with Gasteiger partial charge in [0.15, 0.2) is 0 Å². The molecule has 0 aliphatic rings. The van der Waals surface area contributed by atoms with Crippen molar-refractivity contribution in [3.63, 3.8) is 0 Å². The van der Waals surface area contributed by atoms with E-state index in [1.165, 1.54) is 5.56 Å². The van der Waals surface area contributed by atoms with Crippen molar-refractivity contribution in [2.24, 2.45) is 0 Å². The lowest BCUT2D eigenvalue weighted by Crippen LogP contribution is -2.19. The molecular weight excluding hydrogens is 236 g/mol. The van der Waals surface area contributed by atoms with Crippen LogP contribution in [0.15, 0.2) is 36.4 Å². The van der Waals surface area contributed by atoms with E-state index in [0.717, 1.165) is 30.4 Å². The van der Waals surface area contributed by atoms with Crippen molar-refractivity contribution in [3.8, 4) is 0 Å². The number of nitrogens with one attached hydrogen (secondary N) is 1. The first kappa shape index (κ1) is 13.5. The van der Waals surface area contributed by atoms with E-state index in [9.17, 15) is 0 Å². The molecule has 0 unspecified atom stereocenters. The Morgan fingerprint density at radius 1 is 1.11 bits per heavy atom. The monoisotopic (exact) mass is 256 g/mol. The first-order chi connectivity index (χ1) is 9.17. The van der Waals surface area contributed by atoms with Gasteiger partial charge in [0.05, 0.1) is 6.54 Å². The van der Waals surface area contributed by atoms with Crippen molar-refractivity contribution >= 4 is 5.82 Å². The van der Waals surface area contributed by atoms with Crippen LogP contribution in [0.4, 0.5) is 5.82 Å². The fraction of sp³-hybridized carbons (Fsp3) is 0.333. The molecule has 0 amide bonds. The smallest absolute Gasteiger partial charge is 0.144 e. The quantitative estimate of drug-likeness (QED) is 0.892. The van der Waals surface area contributed by atoms with Crippen LogP contribution in [-0.2, 0) is 13.1 Å². The number of nitrogens with zero attached hydrogens (tertiary/aromatic N) is 3. The fourth-order valence-corrected chi connectivity index (χ4v) is 2.02. The van der Waals surface area contributed by atoms with E-state index < -0.39 is 0 Å². The molecule has 1 N–H and O–H groups in total. The maximum absolute atomic E-state index is 4.47. The maximum Gasteiger partial charge on any atom is 0.144 e. The van der Waals surface area contributed by atoms with E-state index in [-0.39, 0.29) is 0 Å². The molecule has 0 atom stereocenters. The SMILES string of the molecule is CNc1cc(C)nc(CN(C)Cc2ccccc2)n1. The van der Waals surface area contributed by atoms with Crippen LogP contribution in [0.25, 0.3) is 0 Å². The number of rotatable bonds is 5. The molecule has 0 radical (unpaired) electrons. The molecule has 1 aromatic heterocycles. The van der Waals surface area contributed by atoms with Crippen molar-refractivity contribution in [1.82, 2.24) is 14.9 Å². The number of aromatic nitrogens is 2. The molecule has 0 aliphatic heterocycles. The van der Waals surface area contributed by atoms with Crippen molar-refractivity contribution in [3.05, 3.63) is 53.5 Å². The highest BCUT2D eigenvalue weighted by molar-refractivity contribution is 5.34. The second kappa shape index (κ2) is 6.29. The third-order valence-corrected chi connectivity index (χ3v) is 2.86. The van der Waals surface area contributed by atoms with Crippen LogP contribution in [0.2, 0.25) is 0 Å². The van der Waals surface area contributed by atoms with Gasteiger partial charge in [0, 0.05) is 25.4 Å². The van der Waals surface area contributed by atoms with Gasteiger partial charge in [-0.3, -0.25) is 4.90 Å². The summed E-state index contributed by atoms with van der Waals surface area (Å²) in [6.07, 6.45) is 0. The van der Waals surface area contributed by atoms with Crippen LogP contribution in [0.3, 0.4) is 0 Å². The Bertz CT molecular complexity index is 525. The zero-order valence-electron chi connectivity index (χ0n) is 11.7. The minimum Gasteiger partial charge on any atom is -0.373 e. The van der Waals surface area contributed by atoms with Gasteiger partial charge in [-0.15, -0.1) is 0 Å². The molecular formula is C15H20N4. The normalized spacial score (nSPS) is 10.7. The molecule has 4 heteroatoms. The fourth-order valence-electron chi connectivity index (χ4n) is 2.02. The van der Waals surface area contributed by atoms with E-state index in [1.807, 2.05) is 26.1 Å². The van der Waals surface area contributed by atoms with Gasteiger partial charge in [0.25, 0.3) is 0 Å². The Balaban J connectivity index is 2.02. The second-order valence-electron chi connectivity index (χ2n) is 4.72. The third-order valence-electron chi connectivity index (χ3n) is 2.86. The summed E-state index contributed by atoms with van der Waals surface area (Å²) in [6.45, 7) is 3.63. The summed E-state index contributed by atoms with van der Waals surface area (Å²) in [5, 5.41) is 3.06. The lowest BCUT2D eigenvalue weighted by atomic mass is 10.2. The van der Waals surface area contributed by atoms with Gasteiger partial charge in [0.2, 0.25) is 0 Å². The van der Waals surface area contributed by atoms with Crippen molar-refractivity contribution < 1.29 is 0 Å². The van der Waals surface area contributed by atoms with Crippen molar-refractivity contribution in [2.75, 3.05) is 19.4 Å². The lowest BCUT2D eigenvalue weighted by Gasteiger charge is -2.16. The zero-order chi connectivity index (χ0) is 13.7. The Morgan fingerprint density at radius 3 is 2.53 bits per heavy atom. The average molecular weight is 256 g/mol. The molecule has 1 aromatic carbocycles. The number of hydrogen-bond donors (Lipinski definition) is 1. The molecule has 19 heavy (non-hydrogen) atoms. The third kappa shape index (κ3) is 4.03. The van der Waals surface area contributed by atoms with Crippen LogP contribution in [-0.4, -0.2) is 29.0 Å². The predicted molar refractivity (Wildman–Crippen MR) is 77.9 cm³/mol. The van der Waals surface area contributed by atoms with Crippen LogP contribution in [0.1, 0.15) is 17.1 Å². The molecule has 0 bridgehead atoms. The first-order valence-corrected chi connectivity index (χ1v) is 6.42. The van der Waals surface area contributed by atoms with Crippen LogP contribution in [0.5, 0.6) is 0 Å². The highest BCUT2D eigenvalue weighted by atomic mass is 15.1. The molecule has 0 saturated heterocycles. The highest BCUT2D eigenvalue weighted by Gasteiger charge is 2.06. The van der Waals surface area contributed by atoms with Crippen LogP contribution < -0.4 is 5.32 Å². The van der Waals surface area contributed by atoms with E-state index >= 15 is 0 Å². The van der Waals surface area contributed by atoms with E-state index in [2.05, 4.69) is 51.5 Å². The van der Waals surface area contributed by atoms with Gasteiger partial charge in [-0.25, -0.2) is 9.97 Å². The first-order valence-electron chi connectivity index (χ1n) is 6.42. The van der Waals surface area contributed by atoms with Gasteiger partial charge in [-0.2, -0.15) is 0 Å². The number of hydrogen-bond acceptors (Lipinski definition) is 4. The van der Waals surface area contributed by atoms with E-state index in [1.54, 1.807) is 0 Å². The van der Waals surface area contributed by atoms with Gasteiger partial charge in [-0.1, -0.05) is 30.3 Å². The highest BCUT2D eigenvalue weighted by Crippen LogP contribution is 2.09. The van der Waals surface area contributed by atoms with Gasteiger partial charge >= 0.3 is 0 Å². The summed E-state index contributed by atoms with van der Waals surface area (Å²) in [6, 6.07) is 12.4. The number of benzene rings is 1. The molecule has 0 fully saturated rings. The van der Waals surface area contributed by atoms with E-state index in [0.29, 0.717) is 0 Å². The van der Waals surface area contributed by atoms with Crippen molar-refractivity contribution in [2.45, 2.75) is 20.0 Å².